The molecule has 4 rings (SSSR count). The van der Waals surface area contributed by atoms with E-state index in [0.29, 0.717) is 19.6 Å². The van der Waals surface area contributed by atoms with Crippen LogP contribution in [0.1, 0.15) is 23.3 Å². The summed E-state index contributed by atoms with van der Waals surface area (Å²) in [5, 5.41) is 15.9. The van der Waals surface area contributed by atoms with Gasteiger partial charge in [-0.05, 0) is 25.0 Å². The maximum atomic E-state index is 12.6. The van der Waals surface area contributed by atoms with Crippen molar-refractivity contribution in [3.63, 3.8) is 0 Å². The number of rotatable bonds is 5. The molecule has 2 aliphatic heterocycles. The van der Waals surface area contributed by atoms with Gasteiger partial charge in [-0.1, -0.05) is 18.2 Å². The number of hydrogen-bond donors (Lipinski definition) is 3. The molecular formula is C18H20N6O4. The van der Waals surface area contributed by atoms with Crippen LogP contribution in [0.5, 0.6) is 0 Å². The third-order valence-electron chi connectivity index (χ3n) is 5.07. The van der Waals surface area contributed by atoms with Crippen LogP contribution in [0.25, 0.3) is 5.69 Å². The minimum absolute atomic E-state index is 0.0599. The Labute approximate surface area is 160 Å². The molecule has 3 heterocycles. The fraction of sp³-hybridized carbons (Fsp3) is 0.389. The first-order chi connectivity index (χ1) is 13.6. The number of ether oxygens (including phenoxy) is 1. The molecule has 10 nitrogen and oxygen atoms in total. The normalized spacial score (nSPS) is 24.5. The SMILES string of the molecule is O=C1NC(=O)C(CNC(=O)c2cnn(-c3ccccc3)n2)(C2CCCOC2)N1. The number of nitrogens with one attached hydrogen (secondary N) is 3. The number of hydrogen-bond acceptors (Lipinski definition) is 6. The fourth-order valence-corrected chi connectivity index (χ4v) is 3.55. The third-order valence-corrected chi connectivity index (χ3v) is 5.07. The molecule has 2 saturated heterocycles. The van der Waals surface area contributed by atoms with E-state index in [0.717, 1.165) is 12.1 Å². The van der Waals surface area contributed by atoms with Gasteiger partial charge < -0.3 is 15.4 Å². The average molecular weight is 384 g/mol. The second-order valence-electron chi connectivity index (χ2n) is 6.83. The Morgan fingerprint density at radius 1 is 1.32 bits per heavy atom. The standard InChI is InChI=1S/C18H20N6O4/c25-15(14-9-20-24(23-14)13-6-2-1-3-7-13)19-11-18(12-5-4-8-28-10-12)16(26)21-17(27)22-18/h1-3,6-7,9,12H,4-5,8,10-11H2,(H,19,25)(H2,21,22,26,27). The molecule has 1 aromatic heterocycles. The van der Waals surface area contributed by atoms with Gasteiger partial charge in [0.1, 0.15) is 5.54 Å². The topological polar surface area (TPSA) is 127 Å². The van der Waals surface area contributed by atoms with Crippen molar-refractivity contribution in [2.24, 2.45) is 5.92 Å². The molecule has 146 valence electrons. The Bertz CT molecular complexity index is 892. The van der Waals surface area contributed by atoms with Gasteiger partial charge in [0.2, 0.25) is 0 Å². The Morgan fingerprint density at radius 3 is 2.82 bits per heavy atom. The third kappa shape index (κ3) is 3.33. The Balaban J connectivity index is 1.48. The van der Waals surface area contributed by atoms with Gasteiger partial charge in [0.05, 0.1) is 25.0 Å². The van der Waals surface area contributed by atoms with E-state index in [4.69, 9.17) is 4.74 Å². The number of benzene rings is 1. The molecule has 28 heavy (non-hydrogen) atoms. The molecule has 0 saturated carbocycles. The summed E-state index contributed by atoms with van der Waals surface area (Å²) < 4.78 is 5.48. The van der Waals surface area contributed by atoms with Crippen molar-refractivity contribution in [3.05, 3.63) is 42.2 Å². The van der Waals surface area contributed by atoms with Gasteiger partial charge in [-0.3, -0.25) is 14.9 Å². The molecule has 0 bridgehead atoms. The zero-order valence-corrected chi connectivity index (χ0v) is 15.1. The van der Waals surface area contributed by atoms with Gasteiger partial charge in [0, 0.05) is 12.5 Å². The Hall–Kier alpha value is -3.27. The number of para-hydroxylation sites is 1. The molecule has 2 aliphatic rings. The molecular weight excluding hydrogens is 364 g/mol. The number of aromatic nitrogens is 3. The fourth-order valence-electron chi connectivity index (χ4n) is 3.55. The van der Waals surface area contributed by atoms with Crippen LogP contribution in [-0.2, 0) is 9.53 Å². The van der Waals surface area contributed by atoms with E-state index >= 15 is 0 Å². The summed E-state index contributed by atoms with van der Waals surface area (Å²) >= 11 is 0. The smallest absolute Gasteiger partial charge is 0.322 e. The molecule has 3 N–H and O–H groups in total. The zero-order chi connectivity index (χ0) is 19.6. The number of urea groups is 1. The number of imide groups is 1. The predicted octanol–water partition coefficient (Wildman–Crippen LogP) is 0.00190. The lowest BCUT2D eigenvalue weighted by atomic mass is 9.80. The molecule has 0 radical (unpaired) electrons. The van der Waals surface area contributed by atoms with Crippen LogP contribution in [-0.4, -0.2) is 58.1 Å². The summed E-state index contributed by atoms with van der Waals surface area (Å²) in [6.07, 6.45) is 2.86. The van der Waals surface area contributed by atoms with Gasteiger partial charge in [0.15, 0.2) is 5.69 Å². The summed E-state index contributed by atoms with van der Waals surface area (Å²) in [6.45, 7) is 0.903. The lowest BCUT2D eigenvalue weighted by Crippen LogP contribution is -2.61. The number of amides is 4. The predicted molar refractivity (Wildman–Crippen MR) is 96.6 cm³/mol. The maximum Gasteiger partial charge on any atom is 0.322 e. The molecule has 2 aromatic rings. The van der Waals surface area contributed by atoms with Crippen molar-refractivity contribution in [2.75, 3.05) is 19.8 Å². The second-order valence-corrected chi connectivity index (χ2v) is 6.83. The first-order valence-corrected chi connectivity index (χ1v) is 9.06. The molecule has 0 aliphatic carbocycles. The minimum Gasteiger partial charge on any atom is -0.381 e. The number of carbonyl (C=O) groups is 3. The molecule has 2 fully saturated rings. The van der Waals surface area contributed by atoms with Crippen LogP contribution in [0.4, 0.5) is 4.79 Å². The van der Waals surface area contributed by atoms with Gasteiger partial charge in [-0.25, -0.2) is 4.79 Å². The monoisotopic (exact) mass is 384 g/mol. The van der Waals surface area contributed by atoms with Crippen molar-refractivity contribution in [3.8, 4) is 5.69 Å². The molecule has 2 unspecified atom stereocenters. The molecule has 4 amide bonds. The average Bonchev–Trinajstić information content (AvgIpc) is 3.33. The summed E-state index contributed by atoms with van der Waals surface area (Å²) in [5.41, 5.74) is -0.397. The van der Waals surface area contributed by atoms with Crippen LogP contribution in [0.2, 0.25) is 0 Å². The first kappa shape index (κ1) is 18.1. The highest BCUT2D eigenvalue weighted by Crippen LogP contribution is 2.28. The quantitative estimate of drug-likeness (QED) is 0.623. The zero-order valence-electron chi connectivity index (χ0n) is 15.1. The lowest BCUT2D eigenvalue weighted by molar-refractivity contribution is -0.127. The van der Waals surface area contributed by atoms with Crippen molar-refractivity contribution >= 4 is 17.8 Å². The van der Waals surface area contributed by atoms with Gasteiger partial charge >= 0.3 is 6.03 Å². The highest BCUT2D eigenvalue weighted by molar-refractivity contribution is 6.07. The largest absolute Gasteiger partial charge is 0.381 e. The van der Waals surface area contributed by atoms with Gasteiger partial charge in [-0.15, -0.1) is 5.10 Å². The van der Waals surface area contributed by atoms with Crippen molar-refractivity contribution in [1.82, 2.24) is 30.9 Å². The van der Waals surface area contributed by atoms with Crippen LogP contribution in [0, 0.1) is 5.92 Å². The van der Waals surface area contributed by atoms with Crippen LogP contribution < -0.4 is 16.0 Å². The van der Waals surface area contributed by atoms with E-state index in [9.17, 15) is 14.4 Å². The Morgan fingerprint density at radius 2 is 2.14 bits per heavy atom. The van der Waals surface area contributed by atoms with Gasteiger partial charge in [-0.2, -0.15) is 9.90 Å². The molecule has 0 spiro atoms. The van der Waals surface area contributed by atoms with E-state index in [1.54, 1.807) is 0 Å². The highest BCUT2D eigenvalue weighted by atomic mass is 16.5. The van der Waals surface area contributed by atoms with Crippen LogP contribution >= 0.6 is 0 Å². The highest BCUT2D eigenvalue weighted by Gasteiger charge is 2.52. The van der Waals surface area contributed by atoms with Crippen molar-refractivity contribution in [1.29, 1.82) is 0 Å². The number of nitrogens with zero attached hydrogens (tertiary/aromatic N) is 3. The molecule has 2 atom stereocenters. The van der Waals surface area contributed by atoms with E-state index in [2.05, 4.69) is 26.1 Å². The van der Waals surface area contributed by atoms with Crippen molar-refractivity contribution in [2.45, 2.75) is 18.4 Å². The van der Waals surface area contributed by atoms with Crippen LogP contribution in [0.3, 0.4) is 0 Å². The van der Waals surface area contributed by atoms with Crippen LogP contribution in [0.15, 0.2) is 36.5 Å². The second kappa shape index (κ2) is 7.39. The van der Waals surface area contributed by atoms with E-state index in [1.807, 2.05) is 30.3 Å². The lowest BCUT2D eigenvalue weighted by Gasteiger charge is -2.36. The summed E-state index contributed by atoms with van der Waals surface area (Å²) in [5.74, 6) is -1.17. The minimum atomic E-state index is -1.23. The van der Waals surface area contributed by atoms with E-state index in [-0.39, 0.29) is 18.2 Å². The summed E-state index contributed by atoms with van der Waals surface area (Å²) in [7, 11) is 0. The van der Waals surface area contributed by atoms with Gasteiger partial charge in [0.25, 0.3) is 11.8 Å². The Kier molecular flexibility index (Phi) is 4.78. The van der Waals surface area contributed by atoms with Crippen molar-refractivity contribution < 1.29 is 19.1 Å². The number of carbonyl (C=O) groups excluding carboxylic acids is 3. The summed E-state index contributed by atoms with van der Waals surface area (Å²) in [4.78, 5) is 38.2. The van der Waals surface area contributed by atoms with E-state index < -0.39 is 23.4 Å². The first-order valence-electron chi connectivity index (χ1n) is 9.06. The van der Waals surface area contributed by atoms with E-state index in [1.165, 1.54) is 11.0 Å². The molecule has 1 aromatic carbocycles. The summed E-state index contributed by atoms with van der Waals surface area (Å²) in [6, 6.07) is 8.62. The molecule has 10 heteroatoms. The maximum absolute atomic E-state index is 12.6.